The minimum Gasteiger partial charge on any atom is -0.445 e. The van der Waals surface area contributed by atoms with Gasteiger partial charge in [0.25, 0.3) is 0 Å². The number of hydrogen-bond donors (Lipinski definition) is 0. The van der Waals surface area contributed by atoms with Crippen molar-refractivity contribution in [1.29, 1.82) is 0 Å². The SMILES string of the molecule is Fc1ccc(/C=C/c2ccc([B-](F)(F)F)cc2)cc1. The summed E-state index contributed by atoms with van der Waals surface area (Å²) in [5, 5.41) is 0. The van der Waals surface area contributed by atoms with Crippen molar-refractivity contribution in [2.24, 2.45) is 0 Å². The highest BCUT2D eigenvalue weighted by Crippen LogP contribution is 2.12. The summed E-state index contributed by atoms with van der Waals surface area (Å²) in [6.45, 7) is -4.95. The molecule has 0 saturated heterocycles. The van der Waals surface area contributed by atoms with Gasteiger partial charge >= 0.3 is 6.98 Å². The van der Waals surface area contributed by atoms with E-state index >= 15 is 0 Å². The summed E-state index contributed by atoms with van der Waals surface area (Å²) in [7, 11) is 0. The van der Waals surface area contributed by atoms with Crippen molar-refractivity contribution in [2.75, 3.05) is 0 Å². The Kier molecular flexibility index (Phi) is 3.74. The monoisotopic (exact) mass is 265 g/mol. The predicted molar refractivity (Wildman–Crippen MR) is 70.5 cm³/mol. The third kappa shape index (κ3) is 3.71. The Hall–Kier alpha value is -2.04. The summed E-state index contributed by atoms with van der Waals surface area (Å²) >= 11 is 0. The molecule has 0 fully saturated rings. The second kappa shape index (κ2) is 5.30. The molecule has 0 atom stereocenters. The number of rotatable bonds is 3. The van der Waals surface area contributed by atoms with Crippen LogP contribution in [0.1, 0.15) is 11.1 Å². The van der Waals surface area contributed by atoms with Crippen LogP contribution in [0, 0.1) is 5.82 Å². The van der Waals surface area contributed by atoms with Crippen molar-refractivity contribution in [3.63, 3.8) is 0 Å². The van der Waals surface area contributed by atoms with Gasteiger partial charge in [-0.05, 0) is 23.3 Å². The molecule has 0 amide bonds. The maximum atomic E-state index is 12.7. The molecule has 2 aromatic carbocycles. The zero-order valence-electron chi connectivity index (χ0n) is 9.86. The minimum absolute atomic E-state index is 0.325. The molecule has 2 rings (SSSR count). The van der Waals surface area contributed by atoms with Gasteiger partial charge in [-0.25, -0.2) is 4.39 Å². The quantitative estimate of drug-likeness (QED) is 0.446. The van der Waals surface area contributed by atoms with E-state index in [-0.39, 0.29) is 5.82 Å². The third-order valence-corrected chi connectivity index (χ3v) is 2.65. The van der Waals surface area contributed by atoms with Crippen molar-refractivity contribution in [3.05, 3.63) is 65.5 Å². The van der Waals surface area contributed by atoms with Crippen LogP contribution in [-0.2, 0) is 0 Å². The highest BCUT2D eigenvalue weighted by molar-refractivity contribution is 6.73. The molecular formula is C14H10BF4-. The Labute approximate surface area is 108 Å². The number of halogens is 4. The molecule has 5 heteroatoms. The fourth-order valence-corrected chi connectivity index (χ4v) is 1.59. The molecule has 0 nitrogen and oxygen atoms in total. The molecule has 0 unspecified atom stereocenters. The zero-order chi connectivity index (χ0) is 13.9. The lowest BCUT2D eigenvalue weighted by atomic mass is 9.80. The van der Waals surface area contributed by atoms with Gasteiger partial charge < -0.3 is 12.9 Å². The fraction of sp³-hybridized carbons (Fsp3) is 0. The lowest BCUT2D eigenvalue weighted by Crippen LogP contribution is -2.33. The Morgan fingerprint density at radius 1 is 0.684 bits per heavy atom. The highest BCUT2D eigenvalue weighted by atomic mass is 19.4. The van der Waals surface area contributed by atoms with Crippen molar-refractivity contribution >= 4 is 24.6 Å². The maximum absolute atomic E-state index is 12.7. The van der Waals surface area contributed by atoms with Crippen LogP contribution in [0.25, 0.3) is 12.2 Å². The number of hydrogen-bond acceptors (Lipinski definition) is 0. The van der Waals surface area contributed by atoms with E-state index in [2.05, 4.69) is 0 Å². The van der Waals surface area contributed by atoms with Gasteiger partial charge in [-0.15, -0.1) is 5.46 Å². The molecule has 0 aliphatic rings. The standard InChI is InChI=1S/C14H10BF4/c16-14-9-5-12(6-10-14)2-1-11-3-7-13(8-4-11)15(17,18)19/h1-10H/q-1/b2-1+. The van der Waals surface area contributed by atoms with Gasteiger partial charge in [-0.2, -0.15) is 0 Å². The Morgan fingerprint density at radius 2 is 1.11 bits per heavy atom. The van der Waals surface area contributed by atoms with E-state index in [0.29, 0.717) is 5.56 Å². The molecule has 19 heavy (non-hydrogen) atoms. The topological polar surface area (TPSA) is 0 Å². The van der Waals surface area contributed by atoms with E-state index in [1.807, 2.05) is 0 Å². The zero-order valence-corrected chi connectivity index (χ0v) is 9.86. The molecule has 0 radical (unpaired) electrons. The van der Waals surface area contributed by atoms with Crippen molar-refractivity contribution < 1.29 is 17.3 Å². The van der Waals surface area contributed by atoms with Crippen molar-refractivity contribution in [2.45, 2.75) is 0 Å². The van der Waals surface area contributed by atoms with Crippen LogP contribution in [0.15, 0.2) is 48.5 Å². The van der Waals surface area contributed by atoms with E-state index in [1.165, 1.54) is 24.3 Å². The van der Waals surface area contributed by atoms with Gasteiger partial charge in [0.15, 0.2) is 0 Å². The smallest absolute Gasteiger partial charge is 0.445 e. The summed E-state index contributed by atoms with van der Waals surface area (Å²) in [4.78, 5) is 0. The van der Waals surface area contributed by atoms with E-state index in [1.54, 1.807) is 24.3 Å². The second-order valence-corrected chi connectivity index (χ2v) is 4.13. The van der Waals surface area contributed by atoms with Crippen molar-refractivity contribution in [1.82, 2.24) is 0 Å². The molecular weight excluding hydrogens is 255 g/mol. The summed E-state index contributed by atoms with van der Waals surface area (Å²) < 4.78 is 49.9. The van der Waals surface area contributed by atoms with E-state index in [4.69, 9.17) is 0 Å². The first-order valence-corrected chi connectivity index (χ1v) is 5.69. The summed E-state index contributed by atoms with van der Waals surface area (Å²) in [6.07, 6.45) is 3.40. The molecule has 0 spiro atoms. The maximum Gasteiger partial charge on any atom is 0.509 e. The Balaban J connectivity index is 2.13. The average Bonchev–Trinajstić information content (AvgIpc) is 2.37. The highest BCUT2D eigenvalue weighted by Gasteiger charge is 2.24. The molecule has 98 valence electrons. The molecule has 2 aromatic rings. The first-order valence-electron chi connectivity index (χ1n) is 5.69. The Bertz CT molecular complexity index is 568. The third-order valence-electron chi connectivity index (χ3n) is 2.65. The van der Waals surface area contributed by atoms with Crippen LogP contribution in [0.3, 0.4) is 0 Å². The molecule has 0 aliphatic heterocycles. The Morgan fingerprint density at radius 3 is 1.53 bits per heavy atom. The number of benzene rings is 2. The summed E-state index contributed by atoms with van der Waals surface area (Å²) in [6, 6.07) is 10.8. The van der Waals surface area contributed by atoms with E-state index in [9.17, 15) is 17.3 Å². The largest absolute Gasteiger partial charge is 0.509 e. The van der Waals surface area contributed by atoms with E-state index < -0.39 is 12.4 Å². The molecule has 0 aliphatic carbocycles. The second-order valence-electron chi connectivity index (χ2n) is 4.13. The lowest BCUT2D eigenvalue weighted by molar-refractivity contribution is 0.501. The van der Waals surface area contributed by atoms with E-state index in [0.717, 1.165) is 17.7 Å². The first-order chi connectivity index (χ1) is 8.95. The van der Waals surface area contributed by atoms with Crippen LogP contribution >= 0.6 is 0 Å². The van der Waals surface area contributed by atoms with Crippen LogP contribution in [0.5, 0.6) is 0 Å². The van der Waals surface area contributed by atoms with Crippen LogP contribution in [0.4, 0.5) is 17.3 Å². The fourth-order valence-electron chi connectivity index (χ4n) is 1.59. The molecule has 0 N–H and O–H groups in total. The van der Waals surface area contributed by atoms with Gasteiger partial charge in [0.05, 0.1) is 0 Å². The normalized spacial score (nSPS) is 12.0. The van der Waals surface area contributed by atoms with Gasteiger partial charge in [0.1, 0.15) is 5.82 Å². The lowest BCUT2D eigenvalue weighted by Gasteiger charge is -2.14. The first kappa shape index (κ1) is 13.4. The van der Waals surface area contributed by atoms with Crippen LogP contribution in [-0.4, -0.2) is 6.98 Å². The van der Waals surface area contributed by atoms with Gasteiger partial charge in [-0.1, -0.05) is 48.6 Å². The molecule has 0 saturated carbocycles. The molecule has 0 heterocycles. The average molecular weight is 265 g/mol. The predicted octanol–water partition coefficient (Wildman–Crippen LogP) is 4.05. The van der Waals surface area contributed by atoms with Gasteiger partial charge in [0.2, 0.25) is 0 Å². The van der Waals surface area contributed by atoms with Crippen LogP contribution < -0.4 is 5.46 Å². The molecule has 0 bridgehead atoms. The van der Waals surface area contributed by atoms with Gasteiger partial charge in [-0.3, -0.25) is 0 Å². The minimum atomic E-state index is -4.95. The summed E-state index contributed by atoms with van der Waals surface area (Å²) in [5.41, 5.74) is 0.831. The van der Waals surface area contributed by atoms with Crippen LogP contribution in [0.2, 0.25) is 0 Å². The van der Waals surface area contributed by atoms with Crippen molar-refractivity contribution in [3.8, 4) is 0 Å². The molecule has 0 aromatic heterocycles. The summed E-state index contributed by atoms with van der Waals surface area (Å²) in [5.74, 6) is -0.325. The van der Waals surface area contributed by atoms with Gasteiger partial charge in [0, 0.05) is 0 Å².